The minimum Gasteiger partial charge on any atom is -0.501 e. The molecule has 2 rings (SSSR count). The molecule has 1 aromatic carbocycles. The molecular weight excluding hydrogens is 236 g/mol. The van der Waals surface area contributed by atoms with Crippen LogP contribution in [0.3, 0.4) is 0 Å². The van der Waals surface area contributed by atoms with E-state index < -0.39 is 21.9 Å². The SMILES string of the molecule is O=c1[nH]c2cc(Cl)ccc2c(O)c1[N+](=O)[O-]. The maximum Gasteiger partial charge on any atom is 0.375 e. The van der Waals surface area contributed by atoms with Crippen LogP contribution in [0.2, 0.25) is 5.02 Å². The highest BCUT2D eigenvalue weighted by Crippen LogP contribution is 2.30. The third-order valence-corrected chi connectivity index (χ3v) is 2.34. The molecule has 0 saturated heterocycles. The molecule has 0 aliphatic carbocycles. The largest absolute Gasteiger partial charge is 0.501 e. The Hall–Kier alpha value is -2.08. The minimum atomic E-state index is -0.961. The zero-order valence-corrected chi connectivity index (χ0v) is 8.49. The summed E-state index contributed by atoms with van der Waals surface area (Å²) in [5.74, 6) is -0.652. The van der Waals surface area contributed by atoms with E-state index in [1.807, 2.05) is 0 Å². The van der Waals surface area contributed by atoms with Crippen LogP contribution in [0.15, 0.2) is 23.0 Å². The molecule has 1 aromatic heterocycles. The lowest BCUT2D eigenvalue weighted by Gasteiger charge is -2.01. The van der Waals surface area contributed by atoms with E-state index in [0.29, 0.717) is 5.02 Å². The van der Waals surface area contributed by atoms with Crippen molar-refractivity contribution in [2.45, 2.75) is 0 Å². The number of fused-ring (bicyclic) bond motifs is 1. The number of rotatable bonds is 1. The second-order valence-electron chi connectivity index (χ2n) is 3.10. The summed E-state index contributed by atoms with van der Waals surface area (Å²) in [4.78, 5) is 23.2. The molecule has 7 heteroatoms. The van der Waals surface area contributed by atoms with Crippen LogP contribution in [0.1, 0.15) is 0 Å². The van der Waals surface area contributed by atoms with E-state index in [4.69, 9.17) is 11.6 Å². The zero-order chi connectivity index (χ0) is 11.9. The van der Waals surface area contributed by atoms with Crippen LogP contribution in [0.4, 0.5) is 5.69 Å². The number of aromatic amines is 1. The van der Waals surface area contributed by atoms with Gasteiger partial charge in [0.1, 0.15) is 0 Å². The Morgan fingerprint density at radius 1 is 1.44 bits per heavy atom. The van der Waals surface area contributed by atoms with Gasteiger partial charge in [-0.1, -0.05) is 11.6 Å². The van der Waals surface area contributed by atoms with Gasteiger partial charge >= 0.3 is 11.2 Å². The van der Waals surface area contributed by atoms with E-state index in [9.17, 15) is 20.0 Å². The van der Waals surface area contributed by atoms with Crippen LogP contribution in [-0.2, 0) is 0 Å². The van der Waals surface area contributed by atoms with Crippen molar-refractivity contribution in [3.05, 3.63) is 43.7 Å². The molecule has 0 atom stereocenters. The van der Waals surface area contributed by atoms with Gasteiger partial charge in [-0.15, -0.1) is 0 Å². The summed E-state index contributed by atoms with van der Waals surface area (Å²) in [7, 11) is 0. The minimum absolute atomic E-state index is 0.177. The number of benzene rings is 1. The highest BCUT2D eigenvalue weighted by molar-refractivity contribution is 6.31. The van der Waals surface area contributed by atoms with E-state index in [-0.39, 0.29) is 10.9 Å². The summed E-state index contributed by atoms with van der Waals surface area (Å²) in [5, 5.41) is 20.7. The smallest absolute Gasteiger partial charge is 0.375 e. The van der Waals surface area contributed by atoms with Crippen molar-refractivity contribution < 1.29 is 10.0 Å². The van der Waals surface area contributed by atoms with Gasteiger partial charge in [0, 0.05) is 10.4 Å². The number of nitrogens with zero attached hydrogens (tertiary/aromatic N) is 1. The van der Waals surface area contributed by atoms with Gasteiger partial charge in [-0.2, -0.15) is 0 Å². The molecule has 0 radical (unpaired) electrons. The van der Waals surface area contributed by atoms with E-state index >= 15 is 0 Å². The van der Waals surface area contributed by atoms with Crippen LogP contribution in [0, 0.1) is 10.1 Å². The van der Waals surface area contributed by atoms with Gasteiger partial charge < -0.3 is 10.1 Å². The molecule has 0 bridgehead atoms. The first-order valence-corrected chi connectivity index (χ1v) is 4.57. The van der Waals surface area contributed by atoms with E-state index in [1.165, 1.54) is 18.2 Å². The number of pyridine rings is 1. The molecule has 2 aromatic rings. The summed E-state index contributed by atoms with van der Waals surface area (Å²) in [6, 6.07) is 4.27. The molecule has 1 heterocycles. The predicted octanol–water partition coefficient (Wildman–Crippen LogP) is 1.80. The predicted molar refractivity (Wildman–Crippen MR) is 57.9 cm³/mol. The standard InChI is InChI=1S/C9H5ClN2O4/c10-4-1-2-5-6(3-4)11-9(14)7(8(5)13)12(15)16/h1-3H,(H2,11,13,14). The van der Waals surface area contributed by atoms with Crippen molar-refractivity contribution in [1.29, 1.82) is 0 Å². The quantitative estimate of drug-likeness (QED) is 0.587. The van der Waals surface area contributed by atoms with Gasteiger partial charge in [0.2, 0.25) is 5.75 Å². The monoisotopic (exact) mass is 240 g/mol. The van der Waals surface area contributed by atoms with Gasteiger partial charge in [-0.05, 0) is 18.2 Å². The number of aromatic nitrogens is 1. The fourth-order valence-electron chi connectivity index (χ4n) is 1.41. The molecule has 6 nitrogen and oxygen atoms in total. The van der Waals surface area contributed by atoms with Crippen LogP contribution >= 0.6 is 11.6 Å². The lowest BCUT2D eigenvalue weighted by atomic mass is 10.2. The third-order valence-electron chi connectivity index (χ3n) is 2.11. The van der Waals surface area contributed by atoms with Crippen molar-refractivity contribution in [1.82, 2.24) is 4.98 Å². The first kappa shape index (κ1) is 10.4. The lowest BCUT2D eigenvalue weighted by molar-refractivity contribution is -0.387. The van der Waals surface area contributed by atoms with Crippen molar-refractivity contribution in [3.8, 4) is 5.75 Å². The normalized spacial score (nSPS) is 10.6. The first-order valence-electron chi connectivity index (χ1n) is 4.19. The Bertz CT molecular complexity index is 650. The Balaban J connectivity index is 2.94. The Kier molecular flexibility index (Phi) is 2.28. The molecule has 16 heavy (non-hydrogen) atoms. The van der Waals surface area contributed by atoms with Crippen molar-refractivity contribution in [2.75, 3.05) is 0 Å². The maximum absolute atomic E-state index is 11.3. The number of H-pyrrole nitrogens is 1. The van der Waals surface area contributed by atoms with Crippen LogP contribution in [-0.4, -0.2) is 15.0 Å². The average molecular weight is 241 g/mol. The lowest BCUT2D eigenvalue weighted by Crippen LogP contribution is -2.11. The Labute approximate surface area is 93.2 Å². The van der Waals surface area contributed by atoms with Gasteiger partial charge in [-0.3, -0.25) is 14.9 Å². The summed E-state index contributed by atoms with van der Waals surface area (Å²) >= 11 is 5.69. The zero-order valence-electron chi connectivity index (χ0n) is 7.73. The summed E-state index contributed by atoms with van der Waals surface area (Å²) in [6.45, 7) is 0. The topological polar surface area (TPSA) is 96.2 Å². The average Bonchev–Trinajstić information content (AvgIpc) is 2.15. The maximum atomic E-state index is 11.3. The Morgan fingerprint density at radius 3 is 2.75 bits per heavy atom. The fraction of sp³-hybridized carbons (Fsp3) is 0. The third kappa shape index (κ3) is 1.49. The summed E-state index contributed by atoms with van der Waals surface area (Å²) in [6.07, 6.45) is 0. The summed E-state index contributed by atoms with van der Waals surface area (Å²) < 4.78 is 0. The molecule has 0 unspecified atom stereocenters. The van der Waals surface area contributed by atoms with Crippen molar-refractivity contribution in [2.24, 2.45) is 0 Å². The molecule has 0 saturated carbocycles. The van der Waals surface area contributed by atoms with E-state index in [2.05, 4.69) is 4.98 Å². The van der Waals surface area contributed by atoms with Gasteiger partial charge in [-0.25, -0.2) is 0 Å². The number of nitrogens with one attached hydrogen (secondary N) is 1. The second kappa shape index (κ2) is 3.49. The Morgan fingerprint density at radius 2 is 2.12 bits per heavy atom. The molecule has 82 valence electrons. The number of hydrogen-bond donors (Lipinski definition) is 2. The molecule has 0 spiro atoms. The van der Waals surface area contributed by atoms with Gasteiger partial charge in [0.25, 0.3) is 0 Å². The molecule has 0 fully saturated rings. The van der Waals surface area contributed by atoms with Crippen LogP contribution in [0.5, 0.6) is 5.75 Å². The number of hydrogen-bond acceptors (Lipinski definition) is 4. The molecule has 0 aliphatic rings. The number of aromatic hydroxyl groups is 1. The number of halogens is 1. The summed E-state index contributed by atoms with van der Waals surface area (Å²) in [5.41, 5.74) is -1.58. The molecule has 2 N–H and O–H groups in total. The molecular formula is C9H5ClN2O4. The fourth-order valence-corrected chi connectivity index (χ4v) is 1.58. The molecule has 0 aliphatic heterocycles. The van der Waals surface area contributed by atoms with E-state index in [0.717, 1.165) is 0 Å². The van der Waals surface area contributed by atoms with Crippen molar-refractivity contribution >= 4 is 28.2 Å². The van der Waals surface area contributed by atoms with Gasteiger partial charge in [0.15, 0.2) is 0 Å². The van der Waals surface area contributed by atoms with Gasteiger partial charge in [0.05, 0.1) is 10.4 Å². The second-order valence-corrected chi connectivity index (χ2v) is 3.53. The highest BCUT2D eigenvalue weighted by Gasteiger charge is 2.21. The highest BCUT2D eigenvalue weighted by atomic mass is 35.5. The van der Waals surface area contributed by atoms with Crippen LogP contribution < -0.4 is 5.56 Å². The van der Waals surface area contributed by atoms with E-state index in [1.54, 1.807) is 0 Å². The number of nitro groups is 1. The van der Waals surface area contributed by atoms with Crippen LogP contribution in [0.25, 0.3) is 10.9 Å². The van der Waals surface area contributed by atoms with Crippen molar-refractivity contribution in [3.63, 3.8) is 0 Å². The first-order chi connectivity index (χ1) is 7.50. The molecule has 0 amide bonds.